The van der Waals surface area contributed by atoms with Gasteiger partial charge in [-0.1, -0.05) is 12.2 Å². The first-order valence-electron chi connectivity index (χ1n) is 5.25. The Morgan fingerprint density at radius 2 is 2.28 bits per heavy atom. The number of carbonyl (C=O) groups is 1. The molecule has 0 atom stereocenters. The van der Waals surface area contributed by atoms with Crippen molar-refractivity contribution in [2.45, 2.75) is 6.54 Å². The maximum atomic E-state index is 12.2. The van der Waals surface area contributed by atoms with E-state index < -0.39 is 0 Å². The van der Waals surface area contributed by atoms with Gasteiger partial charge in [-0.15, -0.1) is 11.3 Å². The first kappa shape index (κ1) is 13.5. The van der Waals surface area contributed by atoms with Crippen LogP contribution in [0.25, 0.3) is 0 Å². The largest absolute Gasteiger partial charge is 0.352 e. The van der Waals surface area contributed by atoms with E-state index in [0.717, 1.165) is 8.66 Å². The van der Waals surface area contributed by atoms with Crippen molar-refractivity contribution in [3.63, 3.8) is 0 Å². The molecule has 94 valence electrons. The molecule has 0 aliphatic carbocycles. The number of aromatic amines is 1. The third-order valence-electron chi connectivity index (χ3n) is 2.42. The Bertz CT molecular complexity index is 620. The number of nitrogens with zero attached hydrogens (tertiary/aromatic N) is 1. The molecule has 0 aliphatic rings. The van der Waals surface area contributed by atoms with Crippen LogP contribution in [0.4, 0.5) is 0 Å². The summed E-state index contributed by atoms with van der Waals surface area (Å²) in [6.07, 6.45) is 1.72. The molecule has 2 aromatic rings. The number of aromatic nitrogens is 1. The second kappa shape index (κ2) is 5.77. The van der Waals surface area contributed by atoms with E-state index in [1.807, 2.05) is 12.1 Å². The quantitative estimate of drug-likeness (QED) is 0.860. The van der Waals surface area contributed by atoms with Gasteiger partial charge < -0.3 is 9.88 Å². The number of hydrogen-bond acceptors (Lipinski definition) is 3. The van der Waals surface area contributed by atoms with Crippen molar-refractivity contribution < 1.29 is 4.79 Å². The van der Waals surface area contributed by atoms with Gasteiger partial charge in [-0.2, -0.15) is 0 Å². The van der Waals surface area contributed by atoms with E-state index >= 15 is 0 Å². The molecule has 1 N–H and O–H groups in total. The van der Waals surface area contributed by atoms with Gasteiger partial charge in [0.15, 0.2) is 0 Å². The number of H-pyrrole nitrogens is 1. The Balaban J connectivity index is 2.15. The van der Waals surface area contributed by atoms with E-state index in [0.29, 0.717) is 16.7 Å². The SMILES string of the molecule is CN(Cc1ccc(Br)s1)C(=O)c1ccc[nH]c1=S. The molecule has 2 aromatic heterocycles. The number of nitrogens with one attached hydrogen (secondary N) is 1. The molecular formula is C12H11BrN2OS2. The number of pyridine rings is 1. The van der Waals surface area contributed by atoms with Crippen molar-refractivity contribution in [3.05, 3.63) is 49.3 Å². The molecule has 3 nitrogen and oxygen atoms in total. The maximum absolute atomic E-state index is 12.2. The van der Waals surface area contributed by atoms with Crippen LogP contribution in [0.1, 0.15) is 15.2 Å². The van der Waals surface area contributed by atoms with Crippen molar-refractivity contribution in [2.75, 3.05) is 7.05 Å². The van der Waals surface area contributed by atoms with Crippen LogP contribution >= 0.6 is 39.5 Å². The minimum Gasteiger partial charge on any atom is -0.352 e. The van der Waals surface area contributed by atoms with Gasteiger partial charge in [-0.25, -0.2) is 0 Å². The molecule has 0 fully saturated rings. The van der Waals surface area contributed by atoms with Crippen LogP contribution in [0.3, 0.4) is 0 Å². The van der Waals surface area contributed by atoms with Crippen LogP contribution in [-0.2, 0) is 6.54 Å². The van der Waals surface area contributed by atoms with Gasteiger partial charge >= 0.3 is 0 Å². The van der Waals surface area contributed by atoms with Crippen LogP contribution in [-0.4, -0.2) is 22.8 Å². The lowest BCUT2D eigenvalue weighted by atomic mass is 10.2. The lowest BCUT2D eigenvalue weighted by molar-refractivity contribution is 0.0785. The van der Waals surface area contributed by atoms with Crippen molar-refractivity contribution in [1.82, 2.24) is 9.88 Å². The molecule has 0 aromatic carbocycles. The van der Waals surface area contributed by atoms with Crippen molar-refractivity contribution in [2.24, 2.45) is 0 Å². The van der Waals surface area contributed by atoms with Gasteiger partial charge in [0.2, 0.25) is 0 Å². The lowest BCUT2D eigenvalue weighted by Gasteiger charge is -2.16. The Labute approximate surface area is 123 Å². The zero-order chi connectivity index (χ0) is 13.1. The second-order valence-electron chi connectivity index (χ2n) is 3.78. The van der Waals surface area contributed by atoms with Gasteiger partial charge in [0.1, 0.15) is 4.64 Å². The van der Waals surface area contributed by atoms with Crippen LogP contribution in [0.2, 0.25) is 0 Å². The molecule has 0 unspecified atom stereocenters. The molecule has 0 saturated heterocycles. The highest BCUT2D eigenvalue weighted by Crippen LogP contribution is 2.23. The van der Waals surface area contributed by atoms with Gasteiger partial charge in [0, 0.05) is 18.1 Å². The fraction of sp³-hybridized carbons (Fsp3) is 0.167. The molecule has 0 aliphatic heterocycles. The smallest absolute Gasteiger partial charge is 0.256 e. The van der Waals surface area contributed by atoms with E-state index in [-0.39, 0.29) is 5.91 Å². The molecule has 18 heavy (non-hydrogen) atoms. The van der Waals surface area contributed by atoms with Crippen molar-refractivity contribution >= 4 is 45.4 Å². The minimum absolute atomic E-state index is 0.0682. The standard InChI is InChI=1S/C12H11BrN2OS2/c1-15(7-8-4-5-10(13)18-8)12(16)9-3-2-6-14-11(9)17/h2-6H,7H2,1H3,(H,14,17). The molecule has 0 bridgehead atoms. The normalized spacial score (nSPS) is 10.3. The second-order valence-corrected chi connectivity index (χ2v) is 6.74. The first-order chi connectivity index (χ1) is 8.58. The number of thiophene rings is 1. The van der Waals surface area contributed by atoms with Crippen LogP contribution in [0, 0.1) is 4.64 Å². The third-order valence-corrected chi connectivity index (χ3v) is 4.36. The Hall–Kier alpha value is -0.980. The highest BCUT2D eigenvalue weighted by Gasteiger charge is 2.14. The van der Waals surface area contributed by atoms with Crippen LogP contribution in [0.5, 0.6) is 0 Å². The van der Waals surface area contributed by atoms with E-state index in [2.05, 4.69) is 20.9 Å². The first-order valence-corrected chi connectivity index (χ1v) is 7.27. The summed E-state index contributed by atoms with van der Waals surface area (Å²) in [6, 6.07) is 7.50. The Morgan fingerprint density at radius 1 is 1.50 bits per heavy atom. The molecule has 0 spiro atoms. The zero-order valence-corrected chi connectivity index (χ0v) is 12.9. The minimum atomic E-state index is -0.0682. The van der Waals surface area contributed by atoms with Gasteiger partial charge in [-0.3, -0.25) is 4.79 Å². The van der Waals surface area contributed by atoms with Crippen molar-refractivity contribution in [3.8, 4) is 0 Å². The summed E-state index contributed by atoms with van der Waals surface area (Å²) in [6.45, 7) is 0.582. The molecule has 1 amide bonds. The van der Waals surface area contributed by atoms with E-state index in [9.17, 15) is 4.79 Å². The zero-order valence-electron chi connectivity index (χ0n) is 9.64. The highest BCUT2D eigenvalue weighted by molar-refractivity contribution is 9.11. The summed E-state index contributed by atoms with van der Waals surface area (Å²) in [5.74, 6) is -0.0682. The summed E-state index contributed by atoms with van der Waals surface area (Å²) in [4.78, 5) is 17.9. The Morgan fingerprint density at radius 3 is 2.89 bits per heavy atom. The summed E-state index contributed by atoms with van der Waals surface area (Å²) in [7, 11) is 1.78. The monoisotopic (exact) mass is 342 g/mol. The van der Waals surface area contributed by atoms with E-state index in [4.69, 9.17) is 12.2 Å². The molecule has 0 radical (unpaired) electrons. The number of amides is 1. The molecular weight excluding hydrogens is 332 g/mol. The summed E-state index contributed by atoms with van der Waals surface area (Å²) in [5, 5.41) is 0. The molecule has 6 heteroatoms. The third kappa shape index (κ3) is 3.07. The molecule has 2 heterocycles. The summed E-state index contributed by atoms with van der Waals surface area (Å²) in [5.41, 5.74) is 0.533. The number of carbonyl (C=O) groups excluding carboxylic acids is 1. The summed E-state index contributed by atoms with van der Waals surface area (Å²) < 4.78 is 1.54. The van der Waals surface area contributed by atoms with E-state index in [1.54, 1.807) is 41.6 Å². The average Bonchev–Trinajstić information content (AvgIpc) is 2.74. The van der Waals surface area contributed by atoms with Gasteiger partial charge in [-0.05, 0) is 40.2 Å². The number of rotatable bonds is 3. The van der Waals surface area contributed by atoms with Gasteiger partial charge in [0.25, 0.3) is 5.91 Å². The fourth-order valence-electron chi connectivity index (χ4n) is 1.54. The number of halogens is 1. The summed E-state index contributed by atoms with van der Waals surface area (Å²) >= 11 is 10.1. The Kier molecular flexibility index (Phi) is 4.31. The molecule has 0 saturated carbocycles. The predicted molar refractivity (Wildman–Crippen MR) is 79.4 cm³/mol. The van der Waals surface area contributed by atoms with Gasteiger partial charge in [0.05, 0.1) is 15.9 Å². The average molecular weight is 343 g/mol. The fourth-order valence-corrected chi connectivity index (χ4v) is 3.30. The number of hydrogen-bond donors (Lipinski definition) is 1. The molecule has 2 rings (SSSR count). The topological polar surface area (TPSA) is 36.1 Å². The van der Waals surface area contributed by atoms with E-state index in [1.165, 1.54) is 0 Å². The van der Waals surface area contributed by atoms with Crippen LogP contribution in [0.15, 0.2) is 34.2 Å². The predicted octanol–water partition coefficient (Wildman–Crippen LogP) is 3.84. The lowest BCUT2D eigenvalue weighted by Crippen LogP contribution is -2.26. The maximum Gasteiger partial charge on any atom is 0.256 e. The van der Waals surface area contributed by atoms with Crippen molar-refractivity contribution in [1.29, 1.82) is 0 Å². The highest BCUT2D eigenvalue weighted by atomic mass is 79.9. The van der Waals surface area contributed by atoms with Crippen LogP contribution < -0.4 is 0 Å².